The van der Waals surface area contributed by atoms with Crippen LogP contribution in [0.4, 0.5) is 10.5 Å². The molecule has 0 bridgehead atoms. The number of carbonyl (C=O) groups is 2. The molecule has 2 fully saturated rings. The highest BCUT2D eigenvalue weighted by Gasteiger charge is 2.30. The fraction of sp³-hybridized carbons (Fsp3) is 0.591. The summed E-state index contributed by atoms with van der Waals surface area (Å²) in [6, 6.07) is 3.53. The quantitative estimate of drug-likeness (QED) is 0.683. The fourth-order valence-electron chi connectivity index (χ4n) is 4.35. The molecule has 0 spiro atoms. The number of rotatable bonds is 7. The highest BCUT2D eigenvalue weighted by atomic mass is 16.5. The van der Waals surface area contributed by atoms with Crippen LogP contribution in [0, 0.1) is 5.92 Å². The van der Waals surface area contributed by atoms with E-state index in [0.29, 0.717) is 12.5 Å². The molecule has 0 radical (unpaired) electrons. The first-order chi connectivity index (χ1) is 14.7. The van der Waals surface area contributed by atoms with Crippen LogP contribution in [-0.4, -0.2) is 58.6 Å². The molecule has 1 atom stereocenters. The van der Waals surface area contributed by atoms with Gasteiger partial charge in [-0.15, -0.1) is 0 Å². The Morgan fingerprint density at radius 2 is 2.03 bits per heavy atom. The number of aromatic nitrogens is 2. The molecule has 2 aromatic rings. The third kappa shape index (κ3) is 5.30. The second kappa shape index (κ2) is 9.93. The Morgan fingerprint density at radius 3 is 2.83 bits per heavy atom. The Labute approximate surface area is 177 Å². The molecule has 2 N–H and O–H groups in total. The number of amides is 3. The number of pyridine rings is 1. The van der Waals surface area contributed by atoms with Gasteiger partial charge in [-0.2, -0.15) is 0 Å². The van der Waals surface area contributed by atoms with Crippen LogP contribution in [0.2, 0.25) is 0 Å². The summed E-state index contributed by atoms with van der Waals surface area (Å²) in [6.07, 6.45) is 12.4. The maximum Gasteiger partial charge on any atom is 0.319 e. The van der Waals surface area contributed by atoms with Crippen molar-refractivity contribution >= 4 is 23.3 Å². The van der Waals surface area contributed by atoms with E-state index in [0.717, 1.165) is 76.0 Å². The molecule has 4 heterocycles. The molecule has 162 valence electrons. The van der Waals surface area contributed by atoms with E-state index in [-0.39, 0.29) is 18.0 Å². The lowest BCUT2D eigenvalue weighted by Gasteiger charge is -2.33. The molecule has 2 aromatic heterocycles. The number of nitrogens with one attached hydrogen (secondary N) is 2. The van der Waals surface area contributed by atoms with Crippen molar-refractivity contribution < 1.29 is 14.3 Å². The minimum atomic E-state index is -0.194. The van der Waals surface area contributed by atoms with Gasteiger partial charge in [-0.25, -0.2) is 9.78 Å². The Morgan fingerprint density at radius 1 is 1.17 bits per heavy atom. The lowest BCUT2D eigenvalue weighted by Crippen LogP contribution is -2.43. The van der Waals surface area contributed by atoms with Crippen LogP contribution in [0.25, 0.3) is 5.65 Å². The molecule has 0 aliphatic carbocycles. The molecule has 0 saturated carbocycles. The second-order valence-corrected chi connectivity index (χ2v) is 8.26. The normalized spacial score (nSPS) is 19.9. The van der Waals surface area contributed by atoms with Gasteiger partial charge in [0.2, 0.25) is 0 Å². The summed E-state index contributed by atoms with van der Waals surface area (Å²) in [5.41, 5.74) is 1.59. The van der Waals surface area contributed by atoms with Crippen LogP contribution in [-0.2, 0) is 9.53 Å². The van der Waals surface area contributed by atoms with E-state index < -0.39 is 0 Å². The van der Waals surface area contributed by atoms with E-state index in [1.165, 1.54) is 0 Å². The third-order valence-electron chi connectivity index (χ3n) is 6.10. The number of urea groups is 1. The fourth-order valence-corrected chi connectivity index (χ4v) is 4.35. The van der Waals surface area contributed by atoms with Crippen molar-refractivity contribution in [3.63, 3.8) is 0 Å². The predicted molar refractivity (Wildman–Crippen MR) is 114 cm³/mol. The summed E-state index contributed by atoms with van der Waals surface area (Å²) in [6.45, 7) is 3.09. The minimum absolute atomic E-state index is 0.185. The number of likely N-dealkylation sites (tertiary alicyclic amines) is 1. The average Bonchev–Trinajstić information content (AvgIpc) is 3.45. The van der Waals surface area contributed by atoms with E-state index in [4.69, 9.17) is 4.74 Å². The van der Waals surface area contributed by atoms with Crippen molar-refractivity contribution in [2.24, 2.45) is 5.92 Å². The van der Waals surface area contributed by atoms with Crippen LogP contribution in [0.1, 0.15) is 44.9 Å². The number of anilines is 1. The van der Waals surface area contributed by atoms with Gasteiger partial charge in [0.25, 0.3) is 5.91 Å². The monoisotopic (exact) mass is 413 g/mol. The number of fused-ring (bicyclic) bond motifs is 1. The average molecular weight is 414 g/mol. The van der Waals surface area contributed by atoms with E-state index in [9.17, 15) is 9.59 Å². The summed E-state index contributed by atoms with van der Waals surface area (Å²) >= 11 is 0. The Bertz CT molecular complexity index is 853. The zero-order chi connectivity index (χ0) is 20.8. The van der Waals surface area contributed by atoms with Gasteiger partial charge >= 0.3 is 6.03 Å². The van der Waals surface area contributed by atoms with Gasteiger partial charge in [0.05, 0.1) is 5.69 Å². The summed E-state index contributed by atoms with van der Waals surface area (Å²) in [5, 5.41) is 5.78. The number of hydrogen-bond donors (Lipinski definition) is 2. The maximum atomic E-state index is 12.4. The van der Waals surface area contributed by atoms with E-state index >= 15 is 0 Å². The molecular weight excluding hydrogens is 382 g/mol. The van der Waals surface area contributed by atoms with Crippen molar-refractivity contribution in [2.45, 2.75) is 51.0 Å². The molecule has 8 heteroatoms. The minimum Gasteiger partial charge on any atom is -0.368 e. The smallest absolute Gasteiger partial charge is 0.319 e. The molecule has 2 aliphatic rings. The van der Waals surface area contributed by atoms with Gasteiger partial charge in [-0.05, 0) is 50.2 Å². The van der Waals surface area contributed by atoms with Gasteiger partial charge in [0, 0.05) is 44.8 Å². The van der Waals surface area contributed by atoms with Crippen LogP contribution in [0.5, 0.6) is 0 Å². The summed E-state index contributed by atoms with van der Waals surface area (Å²) in [5.74, 6) is 0.864. The van der Waals surface area contributed by atoms with Crippen LogP contribution in [0.3, 0.4) is 0 Å². The number of carbonyl (C=O) groups excluding carboxylic acids is 2. The maximum absolute atomic E-state index is 12.4. The zero-order valence-corrected chi connectivity index (χ0v) is 17.4. The Hall–Kier alpha value is -2.61. The summed E-state index contributed by atoms with van der Waals surface area (Å²) in [4.78, 5) is 30.6. The molecule has 2 saturated heterocycles. The number of ether oxygens (including phenoxy) is 1. The number of nitrogens with zero attached hydrogens (tertiary/aromatic N) is 3. The molecule has 30 heavy (non-hydrogen) atoms. The van der Waals surface area contributed by atoms with Crippen molar-refractivity contribution in [3.05, 3.63) is 30.7 Å². The largest absolute Gasteiger partial charge is 0.368 e. The van der Waals surface area contributed by atoms with E-state index in [1.807, 2.05) is 33.8 Å². The van der Waals surface area contributed by atoms with Gasteiger partial charge in [0.1, 0.15) is 11.8 Å². The van der Waals surface area contributed by atoms with Crippen LogP contribution < -0.4 is 10.6 Å². The molecular formula is C22H31N5O3. The number of imidazole rings is 1. The van der Waals surface area contributed by atoms with E-state index in [2.05, 4.69) is 15.6 Å². The van der Waals surface area contributed by atoms with Crippen molar-refractivity contribution in [2.75, 3.05) is 31.6 Å². The standard InChI is InChI=1S/C22H31N5O3/c28-21(19-5-3-15-30-19)26-12-8-17(9-13-26)4-1-2-10-24-22(29)25-18-6-7-20-23-11-14-27(20)16-18/h6-7,11,14,16-17,19H,1-5,8-10,12-13,15H2,(H2,24,25,29). The van der Waals surface area contributed by atoms with Crippen LogP contribution >= 0.6 is 0 Å². The van der Waals surface area contributed by atoms with E-state index in [1.54, 1.807) is 6.20 Å². The molecule has 3 amide bonds. The van der Waals surface area contributed by atoms with Crippen molar-refractivity contribution in [1.82, 2.24) is 19.6 Å². The lowest BCUT2D eigenvalue weighted by molar-refractivity contribution is -0.142. The summed E-state index contributed by atoms with van der Waals surface area (Å²) < 4.78 is 7.39. The number of hydrogen-bond acceptors (Lipinski definition) is 4. The molecule has 1 unspecified atom stereocenters. The first-order valence-corrected chi connectivity index (χ1v) is 11.1. The van der Waals surface area contributed by atoms with Gasteiger partial charge in [-0.1, -0.05) is 12.8 Å². The second-order valence-electron chi connectivity index (χ2n) is 8.26. The lowest BCUT2D eigenvalue weighted by atomic mass is 9.91. The SMILES string of the molecule is O=C(NCCCCC1CCN(C(=O)C2CCCO2)CC1)Nc1ccc2nccn2c1. The number of unbranched alkanes of at least 4 members (excludes halogenated alkanes) is 1. The molecule has 8 nitrogen and oxygen atoms in total. The number of piperidine rings is 1. The van der Waals surface area contributed by atoms with Gasteiger partial charge in [0.15, 0.2) is 0 Å². The summed E-state index contributed by atoms with van der Waals surface area (Å²) in [7, 11) is 0. The van der Waals surface area contributed by atoms with Gasteiger partial charge < -0.3 is 24.7 Å². The Kier molecular flexibility index (Phi) is 6.84. The molecule has 2 aliphatic heterocycles. The third-order valence-corrected chi connectivity index (χ3v) is 6.10. The highest BCUT2D eigenvalue weighted by molar-refractivity contribution is 5.89. The van der Waals surface area contributed by atoms with Crippen molar-refractivity contribution in [1.29, 1.82) is 0 Å². The zero-order valence-electron chi connectivity index (χ0n) is 17.4. The predicted octanol–water partition coefficient (Wildman–Crippen LogP) is 3.04. The van der Waals surface area contributed by atoms with Crippen molar-refractivity contribution in [3.8, 4) is 0 Å². The topological polar surface area (TPSA) is 88.0 Å². The highest BCUT2D eigenvalue weighted by Crippen LogP contribution is 2.24. The Balaban J connectivity index is 1.07. The molecule has 0 aromatic carbocycles. The van der Waals surface area contributed by atoms with Crippen LogP contribution in [0.15, 0.2) is 30.7 Å². The van der Waals surface area contributed by atoms with Gasteiger partial charge in [-0.3, -0.25) is 4.79 Å². The first kappa shape index (κ1) is 20.7. The molecule has 4 rings (SSSR count). The first-order valence-electron chi connectivity index (χ1n) is 11.1.